The van der Waals surface area contributed by atoms with Gasteiger partial charge in [-0.2, -0.15) is 0 Å². The smallest absolute Gasteiger partial charge is 0.254 e. The van der Waals surface area contributed by atoms with Crippen molar-refractivity contribution in [3.05, 3.63) is 71.1 Å². The van der Waals surface area contributed by atoms with Gasteiger partial charge >= 0.3 is 0 Å². The highest BCUT2D eigenvalue weighted by molar-refractivity contribution is 7.93. The van der Waals surface area contributed by atoms with Crippen LogP contribution in [0.4, 0.5) is 5.69 Å². The van der Waals surface area contributed by atoms with E-state index in [1.807, 2.05) is 19.9 Å². The summed E-state index contributed by atoms with van der Waals surface area (Å²) in [5.74, 6) is 0. The summed E-state index contributed by atoms with van der Waals surface area (Å²) in [5, 5.41) is 13.3. The van der Waals surface area contributed by atoms with Gasteiger partial charge in [0, 0.05) is 11.6 Å². The van der Waals surface area contributed by atoms with Gasteiger partial charge in [0.15, 0.2) is 0 Å². The van der Waals surface area contributed by atoms with Crippen molar-refractivity contribution in [1.82, 2.24) is 4.98 Å². The number of hydrogen-bond acceptors (Lipinski definition) is 4. The minimum absolute atomic E-state index is 0.0289. The summed E-state index contributed by atoms with van der Waals surface area (Å²) in [6.45, 7) is 3.66. The molecule has 1 heterocycles. The third-order valence-electron chi connectivity index (χ3n) is 3.56. The molecule has 0 saturated heterocycles. The third-order valence-corrected chi connectivity index (χ3v) is 5.06. The fourth-order valence-electron chi connectivity index (χ4n) is 2.39. The Kier molecular flexibility index (Phi) is 3.79. The second-order valence-corrected chi connectivity index (χ2v) is 7.16. The van der Waals surface area contributed by atoms with Gasteiger partial charge in [0.2, 0.25) is 0 Å². The van der Waals surface area contributed by atoms with Crippen molar-refractivity contribution in [1.29, 1.82) is 0 Å². The van der Waals surface area contributed by atoms with E-state index >= 15 is 0 Å². The Morgan fingerprint density at radius 3 is 2.39 bits per heavy atom. The number of rotatable bonds is 3. The zero-order chi connectivity index (χ0) is 16.6. The van der Waals surface area contributed by atoms with E-state index < -0.39 is 10.0 Å². The lowest BCUT2D eigenvalue weighted by molar-refractivity contribution is 0.596. The van der Waals surface area contributed by atoms with Crippen LogP contribution in [0.2, 0.25) is 0 Å². The second kappa shape index (κ2) is 5.64. The number of sulfonamides is 1. The van der Waals surface area contributed by atoms with Gasteiger partial charge in [0.25, 0.3) is 10.0 Å². The summed E-state index contributed by atoms with van der Waals surface area (Å²) in [6.07, 6.45) is 1.54. The van der Waals surface area contributed by atoms with Gasteiger partial charge in [-0.15, -0.1) is 0 Å². The molecular weight excluding hydrogens is 312 g/mol. The Bertz CT molecular complexity index is 967. The first-order valence-electron chi connectivity index (χ1n) is 7.04. The predicted molar refractivity (Wildman–Crippen MR) is 90.7 cm³/mol. The molecule has 6 heteroatoms. The van der Waals surface area contributed by atoms with Crippen LogP contribution in [-0.4, -0.2) is 13.4 Å². The van der Waals surface area contributed by atoms with E-state index in [0.29, 0.717) is 5.52 Å². The van der Waals surface area contributed by atoms with Crippen molar-refractivity contribution in [2.45, 2.75) is 18.7 Å². The lowest BCUT2D eigenvalue weighted by atomic mass is 10.1. The minimum atomic E-state index is -4.18. The van der Waals surface area contributed by atoms with Crippen LogP contribution in [0.25, 0.3) is 10.9 Å². The highest BCUT2D eigenvalue weighted by atomic mass is 32.2. The van der Waals surface area contributed by atoms with Crippen LogP contribution in [0.3, 0.4) is 0 Å². The van der Waals surface area contributed by atoms with E-state index in [-0.39, 0.29) is 15.1 Å². The van der Waals surface area contributed by atoms with E-state index in [1.54, 1.807) is 24.3 Å². The van der Waals surface area contributed by atoms with Gasteiger partial charge in [-0.1, -0.05) is 23.8 Å². The maximum atomic E-state index is 12.6. The Balaban J connectivity index is 2.16. The molecule has 0 fully saturated rings. The zero-order valence-electron chi connectivity index (χ0n) is 12.7. The minimum Gasteiger partial charge on any atom is -0.744 e. The van der Waals surface area contributed by atoms with Crippen molar-refractivity contribution in [2.24, 2.45) is 0 Å². The van der Waals surface area contributed by atoms with Gasteiger partial charge in [-0.3, -0.25) is 4.98 Å². The highest BCUT2D eigenvalue weighted by Crippen LogP contribution is 2.30. The van der Waals surface area contributed by atoms with Crippen molar-refractivity contribution >= 4 is 26.6 Å². The summed E-state index contributed by atoms with van der Waals surface area (Å²) in [5.41, 5.74) is 2.11. The Morgan fingerprint density at radius 1 is 1.00 bits per heavy atom. The summed E-state index contributed by atoms with van der Waals surface area (Å²) in [7, 11) is -4.18. The lowest BCUT2D eigenvalue weighted by Gasteiger charge is -2.30. The molecule has 0 saturated carbocycles. The van der Waals surface area contributed by atoms with Crippen LogP contribution in [0.5, 0.6) is 0 Å². The van der Waals surface area contributed by atoms with E-state index in [4.69, 9.17) is 0 Å². The normalized spacial score (nSPS) is 11.6. The van der Waals surface area contributed by atoms with Gasteiger partial charge in [-0.05, 0) is 49.7 Å². The molecule has 5 nitrogen and oxygen atoms in total. The number of anilines is 1. The Labute approximate surface area is 134 Å². The molecule has 0 aliphatic carbocycles. The van der Waals surface area contributed by atoms with Crippen molar-refractivity contribution in [3.8, 4) is 0 Å². The highest BCUT2D eigenvalue weighted by Gasteiger charge is 2.19. The molecule has 23 heavy (non-hydrogen) atoms. The third kappa shape index (κ3) is 2.78. The number of hydrogen-bond donors (Lipinski definition) is 0. The molecule has 0 aliphatic rings. The molecule has 2 aromatic carbocycles. The van der Waals surface area contributed by atoms with E-state index in [1.165, 1.54) is 24.4 Å². The standard InChI is InChI=1S/C17H15N2O3S/c1-12-5-7-15(8-6-12)23(21,22)19(20)16-11-13(2)10-14-4-3-9-18-17(14)16/h3-11H,1-2H3/q-1. The molecule has 0 N–H and O–H groups in total. The van der Waals surface area contributed by atoms with Crippen molar-refractivity contribution in [3.63, 3.8) is 0 Å². The first-order valence-corrected chi connectivity index (χ1v) is 8.48. The molecule has 3 aromatic rings. The average Bonchev–Trinajstić information content (AvgIpc) is 2.53. The van der Waals surface area contributed by atoms with Crippen molar-refractivity contribution < 1.29 is 8.42 Å². The van der Waals surface area contributed by atoms with Gasteiger partial charge in [0.05, 0.1) is 16.1 Å². The molecule has 0 amide bonds. The molecule has 0 radical (unpaired) electrons. The summed E-state index contributed by atoms with van der Waals surface area (Å²) >= 11 is 0. The molecule has 1 aromatic heterocycles. The molecule has 0 bridgehead atoms. The number of pyridine rings is 1. The molecule has 0 aliphatic heterocycles. The van der Waals surface area contributed by atoms with E-state index in [2.05, 4.69) is 4.98 Å². The summed E-state index contributed by atoms with van der Waals surface area (Å²) in [6, 6.07) is 13.1. The van der Waals surface area contributed by atoms with Crippen LogP contribution < -0.4 is 4.47 Å². The average molecular weight is 327 g/mol. The van der Waals surface area contributed by atoms with Gasteiger partial charge < -0.3 is 9.68 Å². The zero-order valence-corrected chi connectivity index (χ0v) is 13.5. The Morgan fingerprint density at radius 2 is 1.70 bits per heavy atom. The van der Waals surface area contributed by atoms with Gasteiger partial charge in [0.1, 0.15) is 0 Å². The second-order valence-electron chi connectivity index (χ2n) is 5.40. The van der Waals surface area contributed by atoms with Crippen LogP contribution in [-0.2, 0) is 10.0 Å². The predicted octanol–water partition coefficient (Wildman–Crippen LogP) is 3.54. The van der Waals surface area contributed by atoms with E-state index in [0.717, 1.165) is 16.5 Å². The molecular formula is C17H15N2O3S-. The number of aromatic nitrogens is 1. The van der Waals surface area contributed by atoms with Crippen LogP contribution in [0.15, 0.2) is 59.6 Å². The maximum absolute atomic E-state index is 12.6. The number of aryl methyl sites for hydroxylation is 2. The summed E-state index contributed by atoms with van der Waals surface area (Å²) < 4.78 is 25.2. The maximum Gasteiger partial charge on any atom is 0.254 e. The molecule has 0 unspecified atom stereocenters. The first kappa shape index (κ1) is 15.5. The fraction of sp³-hybridized carbons (Fsp3) is 0.118. The summed E-state index contributed by atoms with van der Waals surface area (Å²) in [4.78, 5) is 4.12. The van der Waals surface area contributed by atoms with Crippen LogP contribution >= 0.6 is 0 Å². The SMILES string of the molecule is Cc1ccc(S(=O)(=O)N([O-])c2cc(C)cc3cccnc23)cc1. The lowest BCUT2D eigenvalue weighted by Crippen LogP contribution is -2.25. The molecule has 0 spiro atoms. The number of benzene rings is 2. The Hall–Kier alpha value is -2.44. The molecule has 118 valence electrons. The number of fused-ring (bicyclic) bond motifs is 1. The first-order chi connectivity index (χ1) is 10.9. The van der Waals surface area contributed by atoms with Crippen LogP contribution in [0.1, 0.15) is 11.1 Å². The topological polar surface area (TPSA) is 73.3 Å². The molecule has 0 atom stereocenters. The monoisotopic (exact) mass is 327 g/mol. The van der Waals surface area contributed by atoms with Crippen LogP contribution in [0, 0.1) is 19.1 Å². The van der Waals surface area contributed by atoms with Gasteiger partial charge in [-0.25, -0.2) is 8.42 Å². The van der Waals surface area contributed by atoms with Crippen molar-refractivity contribution in [2.75, 3.05) is 4.47 Å². The number of nitrogens with zero attached hydrogens (tertiary/aromatic N) is 2. The molecule has 3 rings (SSSR count). The fourth-order valence-corrected chi connectivity index (χ4v) is 3.46. The largest absolute Gasteiger partial charge is 0.744 e. The van der Waals surface area contributed by atoms with E-state index in [9.17, 15) is 13.6 Å². The quantitative estimate of drug-likeness (QED) is 0.690.